The van der Waals surface area contributed by atoms with Crippen LogP contribution in [0.1, 0.15) is 26.7 Å². The van der Waals surface area contributed by atoms with Gasteiger partial charge in [-0.05, 0) is 53.9 Å². The number of hydrogen-bond acceptors (Lipinski definition) is 4. The fourth-order valence-electron chi connectivity index (χ4n) is 2.03. The Bertz CT molecular complexity index is 213. The van der Waals surface area contributed by atoms with Crippen LogP contribution < -0.4 is 5.32 Å². The number of aliphatic hydroxyl groups is 1. The summed E-state index contributed by atoms with van der Waals surface area (Å²) < 4.78 is 0. The van der Waals surface area contributed by atoms with Crippen LogP contribution in [0.5, 0.6) is 0 Å². The monoisotopic (exact) mass is 243 g/mol. The van der Waals surface area contributed by atoms with Gasteiger partial charge in [0.15, 0.2) is 0 Å². The van der Waals surface area contributed by atoms with E-state index < -0.39 is 0 Å². The molecule has 0 spiro atoms. The van der Waals surface area contributed by atoms with Crippen LogP contribution >= 0.6 is 0 Å². The highest BCUT2D eigenvalue weighted by atomic mass is 16.3. The zero-order valence-corrected chi connectivity index (χ0v) is 11.9. The van der Waals surface area contributed by atoms with Crippen molar-refractivity contribution in [1.29, 1.82) is 0 Å². The molecule has 4 nitrogen and oxygen atoms in total. The molecule has 1 aliphatic heterocycles. The Morgan fingerprint density at radius 1 is 1.29 bits per heavy atom. The van der Waals surface area contributed by atoms with Gasteiger partial charge in [0.1, 0.15) is 0 Å². The predicted octanol–water partition coefficient (Wildman–Crippen LogP) is 0.373. The van der Waals surface area contributed by atoms with E-state index in [-0.39, 0.29) is 11.6 Å². The normalized spacial score (nSPS) is 20.1. The second kappa shape index (κ2) is 6.69. The topological polar surface area (TPSA) is 38.7 Å². The fourth-order valence-corrected chi connectivity index (χ4v) is 2.03. The number of β-amino-alcohol motifs (C(OH)–C–C–N with tert-alkyl or cyclic N) is 1. The highest BCUT2D eigenvalue weighted by molar-refractivity contribution is 4.80. The molecule has 0 bridgehead atoms. The highest BCUT2D eigenvalue weighted by Gasteiger charge is 2.21. The van der Waals surface area contributed by atoms with Crippen LogP contribution in [0.25, 0.3) is 0 Å². The Morgan fingerprint density at radius 2 is 1.88 bits per heavy atom. The van der Waals surface area contributed by atoms with Crippen molar-refractivity contribution in [2.45, 2.75) is 38.3 Å². The molecule has 0 radical (unpaired) electrons. The summed E-state index contributed by atoms with van der Waals surface area (Å²) in [5, 5.41) is 13.3. The number of likely N-dealkylation sites (tertiary alicyclic amines) is 1. The van der Waals surface area contributed by atoms with Gasteiger partial charge in [-0.3, -0.25) is 0 Å². The Balaban J connectivity index is 2.13. The van der Waals surface area contributed by atoms with Crippen molar-refractivity contribution in [3.05, 3.63) is 0 Å². The summed E-state index contributed by atoms with van der Waals surface area (Å²) >= 11 is 0. The van der Waals surface area contributed by atoms with Gasteiger partial charge in [0, 0.05) is 25.2 Å². The molecule has 4 heteroatoms. The fraction of sp³-hybridized carbons (Fsp3) is 1.00. The molecule has 0 saturated carbocycles. The summed E-state index contributed by atoms with van der Waals surface area (Å²) in [4.78, 5) is 4.55. The van der Waals surface area contributed by atoms with Crippen LogP contribution in [0.4, 0.5) is 0 Å². The number of nitrogens with one attached hydrogen (secondary N) is 1. The number of aliphatic hydroxyl groups excluding tert-OH is 1. The minimum Gasteiger partial charge on any atom is -0.390 e. The maximum absolute atomic E-state index is 9.93. The van der Waals surface area contributed by atoms with Crippen LogP contribution in [0, 0.1) is 0 Å². The molecule has 1 heterocycles. The van der Waals surface area contributed by atoms with Crippen molar-refractivity contribution in [3.63, 3.8) is 0 Å². The maximum atomic E-state index is 9.93. The molecule has 0 aliphatic carbocycles. The molecule has 0 aromatic carbocycles. The third-order valence-electron chi connectivity index (χ3n) is 3.82. The quantitative estimate of drug-likeness (QED) is 0.678. The van der Waals surface area contributed by atoms with Crippen molar-refractivity contribution in [3.8, 4) is 0 Å². The van der Waals surface area contributed by atoms with Gasteiger partial charge in [-0.25, -0.2) is 0 Å². The number of likely N-dealkylation sites (N-methyl/N-ethyl adjacent to an activating group) is 1. The van der Waals surface area contributed by atoms with E-state index in [0.717, 1.165) is 26.2 Å². The Morgan fingerprint density at radius 3 is 2.41 bits per heavy atom. The first-order valence-electron chi connectivity index (χ1n) is 6.70. The van der Waals surface area contributed by atoms with Gasteiger partial charge in [0.25, 0.3) is 0 Å². The second-order valence-corrected chi connectivity index (χ2v) is 6.00. The summed E-state index contributed by atoms with van der Waals surface area (Å²) in [6.45, 7) is 9.11. The summed E-state index contributed by atoms with van der Waals surface area (Å²) in [5.74, 6) is 0. The molecular formula is C13H29N3O. The standard InChI is InChI=1S/C13H29N3O/c1-13(2,15(3)4)11-14-9-12(17)10-16-7-5-6-8-16/h12,14,17H,5-11H2,1-4H3. The largest absolute Gasteiger partial charge is 0.390 e. The summed E-state index contributed by atoms with van der Waals surface area (Å²) in [7, 11) is 4.17. The van der Waals surface area contributed by atoms with Crippen LogP contribution in [-0.2, 0) is 0 Å². The van der Waals surface area contributed by atoms with Gasteiger partial charge >= 0.3 is 0 Å². The molecule has 1 aliphatic rings. The van der Waals surface area contributed by atoms with Gasteiger partial charge in [-0.15, -0.1) is 0 Å². The van der Waals surface area contributed by atoms with Crippen LogP contribution in [0.2, 0.25) is 0 Å². The first-order valence-corrected chi connectivity index (χ1v) is 6.70. The molecule has 1 atom stereocenters. The van der Waals surface area contributed by atoms with E-state index in [1.54, 1.807) is 0 Å². The molecule has 102 valence electrons. The van der Waals surface area contributed by atoms with Gasteiger partial charge in [0.05, 0.1) is 6.10 Å². The molecular weight excluding hydrogens is 214 g/mol. The van der Waals surface area contributed by atoms with Crippen molar-refractivity contribution >= 4 is 0 Å². The van der Waals surface area contributed by atoms with E-state index in [9.17, 15) is 5.11 Å². The minimum atomic E-state index is -0.244. The molecule has 0 aromatic heterocycles. The van der Waals surface area contributed by atoms with E-state index in [0.29, 0.717) is 6.54 Å². The van der Waals surface area contributed by atoms with Crippen LogP contribution in [0.15, 0.2) is 0 Å². The highest BCUT2D eigenvalue weighted by Crippen LogP contribution is 2.09. The Labute approximate surface area is 106 Å². The zero-order valence-electron chi connectivity index (χ0n) is 11.9. The van der Waals surface area contributed by atoms with Crippen molar-refractivity contribution < 1.29 is 5.11 Å². The first kappa shape index (κ1) is 14.9. The van der Waals surface area contributed by atoms with E-state index in [1.807, 2.05) is 0 Å². The molecule has 1 saturated heterocycles. The van der Waals surface area contributed by atoms with Crippen molar-refractivity contribution in [2.75, 3.05) is 46.8 Å². The lowest BCUT2D eigenvalue weighted by atomic mass is 10.0. The second-order valence-electron chi connectivity index (χ2n) is 6.00. The molecule has 1 fully saturated rings. The van der Waals surface area contributed by atoms with Gasteiger partial charge in [-0.2, -0.15) is 0 Å². The van der Waals surface area contributed by atoms with Crippen LogP contribution in [0.3, 0.4) is 0 Å². The molecule has 0 aromatic rings. The van der Waals surface area contributed by atoms with E-state index in [4.69, 9.17) is 0 Å². The lowest BCUT2D eigenvalue weighted by molar-refractivity contribution is 0.115. The lowest BCUT2D eigenvalue weighted by Crippen LogP contribution is -2.49. The Hall–Kier alpha value is -0.160. The average molecular weight is 243 g/mol. The summed E-state index contributed by atoms with van der Waals surface area (Å²) in [6, 6.07) is 0. The van der Waals surface area contributed by atoms with Gasteiger partial charge in [-0.1, -0.05) is 0 Å². The average Bonchev–Trinajstić information content (AvgIpc) is 2.69. The molecule has 2 N–H and O–H groups in total. The van der Waals surface area contributed by atoms with Gasteiger partial charge in [0.2, 0.25) is 0 Å². The lowest BCUT2D eigenvalue weighted by Gasteiger charge is -2.33. The third kappa shape index (κ3) is 5.34. The van der Waals surface area contributed by atoms with E-state index in [2.05, 4.69) is 43.1 Å². The third-order valence-corrected chi connectivity index (χ3v) is 3.82. The molecule has 1 rings (SSSR count). The maximum Gasteiger partial charge on any atom is 0.0791 e. The predicted molar refractivity (Wildman–Crippen MR) is 72.3 cm³/mol. The smallest absolute Gasteiger partial charge is 0.0791 e. The van der Waals surface area contributed by atoms with Gasteiger partial charge < -0.3 is 20.2 Å². The zero-order chi connectivity index (χ0) is 12.9. The minimum absolute atomic E-state index is 0.132. The molecule has 1 unspecified atom stereocenters. The summed E-state index contributed by atoms with van der Waals surface area (Å²) in [5.41, 5.74) is 0.132. The van der Waals surface area contributed by atoms with Crippen molar-refractivity contribution in [1.82, 2.24) is 15.1 Å². The SMILES string of the molecule is CN(C)C(C)(C)CNCC(O)CN1CCCC1. The Kier molecular flexibility index (Phi) is 5.86. The van der Waals surface area contributed by atoms with Crippen molar-refractivity contribution in [2.24, 2.45) is 0 Å². The summed E-state index contributed by atoms with van der Waals surface area (Å²) in [6.07, 6.45) is 2.33. The number of rotatable bonds is 7. The number of hydrogen-bond donors (Lipinski definition) is 2. The van der Waals surface area contributed by atoms with E-state index >= 15 is 0 Å². The van der Waals surface area contributed by atoms with Crippen LogP contribution in [-0.4, -0.2) is 73.4 Å². The first-order chi connectivity index (χ1) is 7.92. The number of nitrogens with zero attached hydrogens (tertiary/aromatic N) is 2. The van der Waals surface area contributed by atoms with E-state index in [1.165, 1.54) is 12.8 Å². The molecule has 0 amide bonds. The molecule has 17 heavy (non-hydrogen) atoms.